The van der Waals surface area contributed by atoms with Gasteiger partial charge in [0, 0.05) is 18.5 Å². The first-order valence-electron chi connectivity index (χ1n) is 5.72. The highest BCUT2D eigenvalue weighted by Gasteiger charge is 2.37. The molecule has 4 heteroatoms. The molecule has 0 N–H and O–H groups in total. The summed E-state index contributed by atoms with van der Waals surface area (Å²) in [5, 5.41) is -0.413. The third kappa shape index (κ3) is 2.28. The second-order valence-electron chi connectivity index (χ2n) is 4.48. The van der Waals surface area contributed by atoms with Crippen LogP contribution in [-0.4, -0.2) is 42.0 Å². The van der Waals surface area contributed by atoms with Gasteiger partial charge in [0.2, 0.25) is 5.91 Å². The molecule has 2 aliphatic rings. The minimum absolute atomic E-state index is 0.0686. The molecule has 3 atom stereocenters. The standard InChI is InChI=1S/C11H18ClNO2/c1-8(12)11(14)13-5-6-15-7-9-3-2-4-10(9)13/h8-10H,2-7H2,1H3/t8-,9+,10-/m0/s1. The fraction of sp³-hybridized carbons (Fsp3) is 0.909. The van der Waals surface area contributed by atoms with Gasteiger partial charge in [-0.2, -0.15) is 0 Å². The van der Waals surface area contributed by atoms with E-state index in [4.69, 9.17) is 16.3 Å². The maximum Gasteiger partial charge on any atom is 0.240 e. The minimum Gasteiger partial charge on any atom is -0.379 e. The van der Waals surface area contributed by atoms with E-state index in [2.05, 4.69) is 0 Å². The Balaban J connectivity index is 2.10. The molecule has 3 nitrogen and oxygen atoms in total. The number of hydrogen-bond acceptors (Lipinski definition) is 2. The Morgan fingerprint density at radius 2 is 2.33 bits per heavy atom. The average Bonchev–Trinajstić information content (AvgIpc) is 2.57. The van der Waals surface area contributed by atoms with Crippen LogP contribution in [-0.2, 0) is 9.53 Å². The molecule has 0 radical (unpaired) electrons. The average molecular weight is 232 g/mol. The van der Waals surface area contributed by atoms with Gasteiger partial charge in [0.05, 0.1) is 13.2 Å². The first-order valence-corrected chi connectivity index (χ1v) is 6.16. The van der Waals surface area contributed by atoms with Crippen LogP contribution in [0.15, 0.2) is 0 Å². The molecular weight excluding hydrogens is 214 g/mol. The molecule has 2 rings (SSSR count). The lowest BCUT2D eigenvalue weighted by atomic mass is 10.0. The highest BCUT2D eigenvalue weighted by Crippen LogP contribution is 2.32. The van der Waals surface area contributed by atoms with E-state index in [0.29, 0.717) is 25.1 Å². The summed E-state index contributed by atoms with van der Waals surface area (Å²) < 4.78 is 5.53. The van der Waals surface area contributed by atoms with Crippen LogP contribution in [0.3, 0.4) is 0 Å². The van der Waals surface area contributed by atoms with Gasteiger partial charge in [-0.3, -0.25) is 4.79 Å². The molecule has 2 fully saturated rings. The van der Waals surface area contributed by atoms with Crippen LogP contribution in [0.5, 0.6) is 0 Å². The molecule has 0 unspecified atom stereocenters. The molecule has 15 heavy (non-hydrogen) atoms. The smallest absolute Gasteiger partial charge is 0.240 e. The Morgan fingerprint density at radius 1 is 1.53 bits per heavy atom. The summed E-state index contributed by atoms with van der Waals surface area (Å²) in [5.41, 5.74) is 0. The minimum atomic E-state index is -0.413. The van der Waals surface area contributed by atoms with E-state index in [1.54, 1.807) is 6.92 Å². The lowest BCUT2D eigenvalue weighted by Crippen LogP contribution is -2.45. The van der Waals surface area contributed by atoms with Crippen molar-refractivity contribution in [2.24, 2.45) is 5.92 Å². The zero-order valence-electron chi connectivity index (χ0n) is 9.12. The summed E-state index contributed by atoms with van der Waals surface area (Å²) in [6.45, 7) is 3.92. The number of alkyl halides is 1. The Bertz CT molecular complexity index is 245. The van der Waals surface area contributed by atoms with Crippen molar-refractivity contribution in [3.8, 4) is 0 Å². The maximum atomic E-state index is 11.9. The molecule has 0 aromatic rings. The number of amides is 1. The molecule has 0 spiro atoms. The second kappa shape index (κ2) is 4.71. The monoisotopic (exact) mass is 231 g/mol. The topological polar surface area (TPSA) is 29.5 Å². The van der Waals surface area contributed by atoms with Crippen molar-refractivity contribution < 1.29 is 9.53 Å². The SMILES string of the molecule is C[C@H](Cl)C(=O)N1CCOC[C@H]2CCC[C@@H]21. The summed E-state index contributed by atoms with van der Waals surface area (Å²) in [7, 11) is 0. The van der Waals surface area contributed by atoms with E-state index in [-0.39, 0.29) is 5.91 Å². The normalized spacial score (nSPS) is 33.3. The fourth-order valence-electron chi connectivity index (χ4n) is 2.69. The van der Waals surface area contributed by atoms with Crippen molar-refractivity contribution in [2.75, 3.05) is 19.8 Å². The Labute approximate surface area is 95.7 Å². The number of carbonyl (C=O) groups is 1. The van der Waals surface area contributed by atoms with Gasteiger partial charge in [-0.1, -0.05) is 6.42 Å². The highest BCUT2D eigenvalue weighted by atomic mass is 35.5. The van der Waals surface area contributed by atoms with Crippen LogP contribution in [0, 0.1) is 5.92 Å². The lowest BCUT2D eigenvalue weighted by Gasteiger charge is -2.30. The van der Waals surface area contributed by atoms with E-state index in [1.807, 2.05) is 4.90 Å². The zero-order chi connectivity index (χ0) is 10.8. The van der Waals surface area contributed by atoms with Gasteiger partial charge in [0.1, 0.15) is 5.38 Å². The quantitative estimate of drug-likeness (QED) is 0.643. The molecule has 0 aromatic heterocycles. The van der Waals surface area contributed by atoms with Crippen molar-refractivity contribution in [1.29, 1.82) is 0 Å². The summed E-state index contributed by atoms with van der Waals surface area (Å²) in [5.74, 6) is 0.603. The zero-order valence-corrected chi connectivity index (χ0v) is 9.87. The molecule has 1 heterocycles. The third-order valence-electron chi connectivity index (χ3n) is 3.45. The number of fused-ring (bicyclic) bond motifs is 1. The molecule has 1 aliphatic heterocycles. The molecule has 1 aliphatic carbocycles. The molecular formula is C11H18ClNO2. The summed E-state index contributed by atoms with van der Waals surface area (Å²) in [6, 6.07) is 0.376. The summed E-state index contributed by atoms with van der Waals surface area (Å²) in [4.78, 5) is 13.9. The van der Waals surface area contributed by atoms with E-state index >= 15 is 0 Å². The van der Waals surface area contributed by atoms with E-state index in [9.17, 15) is 4.79 Å². The van der Waals surface area contributed by atoms with Crippen LogP contribution < -0.4 is 0 Å². The van der Waals surface area contributed by atoms with Gasteiger partial charge in [0.25, 0.3) is 0 Å². The van der Waals surface area contributed by atoms with Crippen LogP contribution >= 0.6 is 11.6 Å². The number of rotatable bonds is 1. The van der Waals surface area contributed by atoms with E-state index in [1.165, 1.54) is 12.8 Å². The predicted octanol–water partition coefficient (Wildman–Crippen LogP) is 1.64. The van der Waals surface area contributed by atoms with Gasteiger partial charge >= 0.3 is 0 Å². The van der Waals surface area contributed by atoms with Gasteiger partial charge in [-0.05, 0) is 19.8 Å². The summed E-state index contributed by atoms with van der Waals surface area (Å²) in [6.07, 6.45) is 3.51. The maximum absolute atomic E-state index is 11.9. The van der Waals surface area contributed by atoms with Crippen LogP contribution in [0.1, 0.15) is 26.2 Å². The predicted molar refractivity (Wildman–Crippen MR) is 59.0 cm³/mol. The van der Waals surface area contributed by atoms with Crippen molar-refractivity contribution in [2.45, 2.75) is 37.6 Å². The van der Waals surface area contributed by atoms with Gasteiger partial charge in [-0.15, -0.1) is 11.6 Å². The van der Waals surface area contributed by atoms with Crippen molar-refractivity contribution in [3.05, 3.63) is 0 Å². The first-order chi connectivity index (χ1) is 7.20. The molecule has 1 saturated carbocycles. The molecule has 1 amide bonds. The van der Waals surface area contributed by atoms with Crippen molar-refractivity contribution in [3.63, 3.8) is 0 Å². The van der Waals surface area contributed by atoms with Gasteiger partial charge in [-0.25, -0.2) is 0 Å². The number of halogens is 1. The fourth-order valence-corrected chi connectivity index (χ4v) is 2.81. The molecule has 86 valence electrons. The number of ether oxygens (including phenoxy) is 1. The Hall–Kier alpha value is -0.280. The first kappa shape index (κ1) is 11.2. The van der Waals surface area contributed by atoms with Crippen molar-refractivity contribution in [1.82, 2.24) is 4.90 Å². The lowest BCUT2D eigenvalue weighted by molar-refractivity contribution is -0.133. The molecule has 0 aromatic carbocycles. The van der Waals surface area contributed by atoms with E-state index in [0.717, 1.165) is 13.0 Å². The van der Waals surface area contributed by atoms with Gasteiger partial charge in [0.15, 0.2) is 0 Å². The van der Waals surface area contributed by atoms with Crippen molar-refractivity contribution >= 4 is 17.5 Å². The summed E-state index contributed by atoms with van der Waals surface area (Å²) >= 11 is 5.87. The van der Waals surface area contributed by atoms with Crippen LogP contribution in [0.2, 0.25) is 0 Å². The number of carbonyl (C=O) groups excluding carboxylic acids is 1. The largest absolute Gasteiger partial charge is 0.379 e. The molecule has 1 saturated heterocycles. The van der Waals surface area contributed by atoms with Crippen LogP contribution in [0.4, 0.5) is 0 Å². The third-order valence-corrected chi connectivity index (χ3v) is 3.64. The Morgan fingerprint density at radius 3 is 3.07 bits per heavy atom. The van der Waals surface area contributed by atoms with Crippen LogP contribution in [0.25, 0.3) is 0 Å². The van der Waals surface area contributed by atoms with Gasteiger partial charge < -0.3 is 9.64 Å². The number of nitrogens with zero attached hydrogens (tertiary/aromatic N) is 1. The second-order valence-corrected chi connectivity index (χ2v) is 5.14. The number of hydrogen-bond donors (Lipinski definition) is 0. The Kier molecular flexibility index (Phi) is 3.52. The highest BCUT2D eigenvalue weighted by molar-refractivity contribution is 6.30. The molecule has 0 bridgehead atoms. The van der Waals surface area contributed by atoms with E-state index < -0.39 is 5.38 Å².